The van der Waals surface area contributed by atoms with Crippen LogP contribution in [0.15, 0.2) is 18.2 Å². The molecule has 0 bridgehead atoms. The molecule has 2 aliphatic rings. The largest absolute Gasteiger partial charge is 0.480 e. The number of amides is 1. The Bertz CT molecular complexity index is 775. The van der Waals surface area contributed by atoms with E-state index in [1.54, 1.807) is 11.0 Å². The van der Waals surface area contributed by atoms with Crippen molar-refractivity contribution in [2.75, 3.05) is 44.7 Å². The molecule has 0 saturated carbocycles. The van der Waals surface area contributed by atoms with E-state index in [0.717, 1.165) is 37.9 Å². The number of halogens is 1. The summed E-state index contributed by atoms with van der Waals surface area (Å²) >= 11 is 0. The Morgan fingerprint density at radius 3 is 2.72 bits per heavy atom. The van der Waals surface area contributed by atoms with E-state index in [-0.39, 0.29) is 43.1 Å². The second-order valence-electron chi connectivity index (χ2n) is 7.54. The number of nitro benzene ring substituents is 1. The number of carbonyl (C=O) groups excluding carboxylic acids is 1. The monoisotopic (exact) mass is 426 g/mol. The third-order valence-electron chi connectivity index (χ3n) is 5.63. The maximum atomic E-state index is 12.9. The molecule has 9 nitrogen and oxygen atoms in total. The van der Waals surface area contributed by atoms with E-state index in [0.29, 0.717) is 18.7 Å². The fraction of sp³-hybridized carbons (Fsp3) is 0.579. The van der Waals surface area contributed by atoms with E-state index in [2.05, 4.69) is 4.90 Å². The lowest BCUT2D eigenvalue weighted by Crippen LogP contribution is -2.41. The molecule has 29 heavy (non-hydrogen) atoms. The molecule has 1 saturated heterocycles. The molecule has 0 spiro atoms. The number of likely N-dealkylation sites (tertiary alicyclic amines) is 1. The lowest BCUT2D eigenvalue weighted by atomic mass is 10.1. The Morgan fingerprint density at radius 1 is 1.28 bits per heavy atom. The summed E-state index contributed by atoms with van der Waals surface area (Å²) in [5.41, 5.74) is 1.61. The van der Waals surface area contributed by atoms with Gasteiger partial charge in [0.05, 0.1) is 23.7 Å². The van der Waals surface area contributed by atoms with Gasteiger partial charge >= 0.3 is 5.97 Å². The average Bonchev–Trinajstić information content (AvgIpc) is 2.92. The first-order valence-electron chi connectivity index (χ1n) is 9.57. The minimum Gasteiger partial charge on any atom is -0.480 e. The van der Waals surface area contributed by atoms with Crippen molar-refractivity contribution in [1.29, 1.82) is 0 Å². The molecule has 2 heterocycles. The summed E-state index contributed by atoms with van der Waals surface area (Å²) in [6, 6.07) is 4.90. The second-order valence-corrected chi connectivity index (χ2v) is 7.54. The molecule has 1 amide bonds. The van der Waals surface area contributed by atoms with Crippen LogP contribution in [0.3, 0.4) is 0 Å². The van der Waals surface area contributed by atoms with Gasteiger partial charge in [0.1, 0.15) is 0 Å². The Hall–Kier alpha value is -2.23. The van der Waals surface area contributed by atoms with Gasteiger partial charge in [-0.15, -0.1) is 12.4 Å². The lowest BCUT2D eigenvalue weighted by Gasteiger charge is -2.26. The number of benzene rings is 1. The van der Waals surface area contributed by atoms with Crippen molar-refractivity contribution < 1.29 is 19.6 Å². The van der Waals surface area contributed by atoms with Crippen LogP contribution < -0.4 is 4.90 Å². The Labute approximate surface area is 175 Å². The number of rotatable bonds is 6. The minimum absolute atomic E-state index is 0. The van der Waals surface area contributed by atoms with Crippen LogP contribution in [-0.4, -0.2) is 77.5 Å². The number of anilines is 1. The fourth-order valence-electron chi connectivity index (χ4n) is 4.10. The first-order chi connectivity index (χ1) is 13.3. The molecule has 2 aliphatic heterocycles. The number of nitrogens with zero attached hydrogens (tertiary/aromatic N) is 4. The van der Waals surface area contributed by atoms with Crippen molar-refractivity contribution in [1.82, 2.24) is 9.80 Å². The van der Waals surface area contributed by atoms with Crippen LogP contribution in [-0.2, 0) is 16.0 Å². The van der Waals surface area contributed by atoms with Gasteiger partial charge in [0.25, 0.3) is 5.69 Å². The van der Waals surface area contributed by atoms with Crippen LogP contribution in [0.25, 0.3) is 0 Å². The van der Waals surface area contributed by atoms with Gasteiger partial charge in [0, 0.05) is 31.3 Å². The summed E-state index contributed by atoms with van der Waals surface area (Å²) in [4.78, 5) is 40.0. The summed E-state index contributed by atoms with van der Waals surface area (Å²) in [6.07, 6.45) is 3.34. The third-order valence-corrected chi connectivity index (χ3v) is 5.63. The van der Waals surface area contributed by atoms with Gasteiger partial charge in [-0.2, -0.15) is 0 Å². The summed E-state index contributed by atoms with van der Waals surface area (Å²) in [6.45, 7) is 2.37. The normalized spacial score (nSPS) is 19.4. The molecule has 1 aromatic carbocycles. The molecule has 1 N–H and O–H groups in total. The van der Waals surface area contributed by atoms with E-state index in [1.807, 2.05) is 11.9 Å². The van der Waals surface area contributed by atoms with Crippen molar-refractivity contribution in [2.45, 2.75) is 31.7 Å². The number of aliphatic carboxylic acids is 1. The molecule has 3 rings (SSSR count). The number of fused-ring (bicyclic) bond motifs is 1. The van der Waals surface area contributed by atoms with Crippen LogP contribution in [0.2, 0.25) is 0 Å². The predicted molar refractivity (Wildman–Crippen MR) is 111 cm³/mol. The maximum absolute atomic E-state index is 12.9. The van der Waals surface area contributed by atoms with E-state index in [4.69, 9.17) is 5.11 Å². The zero-order chi connectivity index (χ0) is 20.3. The first kappa shape index (κ1) is 23.1. The molecule has 1 unspecified atom stereocenters. The summed E-state index contributed by atoms with van der Waals surface area (Å²) in [5, 5.41) is 20.0. The predicted octanol–water partition coefficient (Wildman–Crippen LogP) is 1.78. The van der Waals surface area contributed by atoms with Gasteiger partial charge in [-0.3, -0.25) is 29.5 Å². The highest BCUT2D eigenvalue weighted by atomic mass is 35.5. The molecule has 160 valence electrons. The number of hydrogen-bond acceptors (Lipinski definition) is 6. The minimum atomic E-state index is -0.833. The number of hydrogen-bond donors (Lipinski definition) is 1. The van der Waals surface area contributed by atoms with Crippen molar-refractivity contribution in [3.05, 3.63) is 33.9 Å². The topological polar surface area (TPSA) is 107 Å². The van der Waals surface area contributed by atoms with Gasteiger partial charge < -0.3 is 10.0 Å². The Morgan fingerprint density at radius 2 is 2.03 bits per heavy atom. The summed E-state index contributed by atoms with van der Waals surface area (Å²) in [7, 11) is 1.83. The number of carboxylic acid groups (broad SMARTS) is 1. The molecule has 1 atom stereocenters. The van der Waals surface area contributed by atoms with Crippen LogP contribution in [0.1, 0.15) is 24.8 Å². The molecule has 10 heteroatoms. The van der Waals surface area contributed by atoms with Crippen LogP contribution >= 0.6 is 12.4 Å². The number of nitro groups is 1. The highest BCUT2D eigenvalue weighted by molar-refractivity contribution is 5.97. The number of non-ortho nitro benzene ring substituents is 1. The smallest absolute Gasteiger partial charge is 0.317 e. The Kier molecular flexibility index (Phi) is 7.95. The fourth-order valence-corrected chi connectivity index (χ4v) is 4.10. The average molecular weight is 427 g/mol. The summed E-state index contributed by atoms with van der Waals surface area (Å²) < 4.78 is 0. The SMILES string of the molecule is CN(CC(=O)O)C1CCCN(CC(=O)N2CCc3ccc([N+](=O)[O-])cc32)CC1.Cl. The number of carbonyl (C=O) groups is 2. The van der Waals surface area contributed by atoms with E-state index in [1.165, 1.54) is 12.1 Å². The maximum Gasteiger partial charge on any atom is 0.317 e. The first-order valence-corrected chi connectivity index (χ1v) is 9.57. The molecule has 0 radical (unpaired) electrons. The van der Waals surface area contributed by atoms with Gasteiger partial charge in [-0.25, -0.2) is 0 Å². The lowest BCUT2D eigenvalue weighted by molar-refractivity contribution is -0.384. The van der Waals surface area contributed by atoms with Crippen molar-refractivity contribution in [3.8, 4) is 0 Å². The van der Waals surface area contributed by atoms with Crippen LogP contribution in [0.4, 0.5) is 11.4 Å². The van der Waals surface area contributed by atoms with Crippen molar-refractivity contribution in [3.63, 3.8) is 0 Å². The van der Waals surface area contributed by atoms with Gasteiger partial charge in [0.15, 0.2) is 0 Å². The molecule has 1 fully saturated rings. The zero-order valence-electron chi connectivity index (χ0n) is 16.5. The zero-order valence-corrected chi connectivity index (χ0v) is 17.3. The molecule has 0 aliphatic carbocycles. The second kappa shape index (κ2) is 10.00. The third kappa shape index (κ3) is 5.65. The molecule has 0 aromatic heterocycles. The molecular weight excluding hydrogens is 400 g/mol. The molecular formula is C19H27ClN4O5. The van der Waals surface area contributed by atoms with Crippen LogP contribution in [0, 0.1) is 10.1 Å². The van der Waals surface area contributed by atoms with E-state index >= 15 is 0 Å². The molecule has 1 aromatic rings. The number of likely N-dealkylation sites (N-methyl/N-ethyl adjacent to an activating group) is 1. The van der Waals surface area contributed by atoms with Crippen molar-refractivity contribution >= 4 is 35.7 Å². The number of carboxylic acids is 1. The highest BCUT2D eigenvalue weighted by Crippen LogP contribution is 2.32. The van der Waals surface area contributed by atoms with E-state index in [9.17, 15) is 19.7 Å². The van der Waals surface area contributed by atoms with E-state index < -0.39 is 10.9 Å². The standard InChI is InChI=1S/C19H26N4O5.ClH/c1-20(13-19(25)26)15-3-2-8-21(9-7-15)12-18(24)22-10-6-14-4-5-16(23(27)28)11-17(14)22;/h4-5,11,15H,2-3,6-10,12-13H2,1H3,(H,25,26);1H. The van der Waals surface area contributed by atoms with Crippen molar-refractivity contribution in [2.24, 2.45) is 0 Å². The summed E-state index contributed by atoms with van der Waals surface area (Å²) in [5.74, 6) is -0.878. The highest BCUT2D eigenvalue weighted by Gasteiger charge is 2.29. The quantitative estimate of drug-likeness (QED) is 0.545. The van der Waals surface area contributed by atoms with Gasteiger partial charge in [-0.1, -0.05) is 6.07 Å². The van der Waals surface area contributed by atoms with Gasteiger partial charge in [0.2, 0.25) is 5.91 Å². The van der Waals surface area contributed by atoms with Gasteiger partial charge in [-0.05, 0) is 44.8 Å². The Balaban J connectivity index is 0.00000300. The van der Waals surface area contributed by atoms with Crippen LogP contribution in [0.5, 0.6) is 0 Å².